The smallest absolute Gasteiger partial charge is 0.294 e. The molecule has 7 nitrogen and oxygen atoms in total. The Morgan fingerprint density at radius 1 is 1.25 bits per heavy atom. The van der Waals surface area contributed by atoms with Crippen LogP contribution in [0.2, 0.25) is 0 Å². The number of nitrogens with one attached hydrogen (secondary N) is 1. The van der Waals surface area contributed by atoms with E-state index in [0.29, 0.717) is 29.4 Å². The molecule has 0 unspecified atom stereocenters. The van der Waals surface area contributed by atoms with Gasteiger partial charge in [-0.05, 0) is 96.1 Å². The lowest BCUT2D eigenvalue weighted by molar-refractivity contribution is -0.127. The van der Waals surface area contributed by atoms with Gasteiger partial charge in [0.15, 0.2) is 11.5 Å². The number of nitrogens with zero attached hydrogens (tertiary/aromatic N) is 1. The molecule has 1 fully saturated rings. The van der Waals surface area contributed by atoms with E-state index in [0.717, 1.165) is 31.4 Å². The molecule has 3 amide bonds. The van der Waals surface area contributed by atoms with E-state index in [1.807, 2.05) is 39.0 Å². The summed E-state index contributed by atoms with van der Waals surface area (Å²) in [6, 6.07) is 9.16. The van der Waals surface area contributed by atoms with Crippen LogP contribution in [0.25, 0.3) is 6.08 Å². The first-order valence-corrected chi connectivity index (χ1v) is 11.8. The number of anilines is 1. The van der Waals surface area contributed by atoms with Gasteiger partial charge in [-0.15, -0.1) is 0 Å². The lowest BCUT2D eigenvalue weighted by Gasteiger charge is -2.14. The highest BCUT2D eigenvalue weighted by molar-refractivity contribution is 14.1. The van der Waals surface area contributed by atoms with Crippen molar-refractivity contribution in [3.05, 3.63) is 55.5 Å². The molecular formula is C23H23IN2O5S. The minimum atomic E-state index is -0.501. The summed E-state index contributed by atoms with van der Waals surface area (Å²) < 4.78 is 11.8. The molecule has 2 aromatic rings. The Labute approximate surface area is 204 Å². The average Bonchev–Trinajstić information content (AvgIpc) is 3.00. The van der Waals surface area contributed by atoms with E-state index in [1.165, 1.54) is 0 Å². The van der Waals surface area contributed by atoms with Crippen LogP contribution in [-0.2, 0) is 9.59 Å². The number of aryl methyl sites for hydroxylation is 1. The van der Waals surface area contributed by atoms with Crippen LogP contribution in [-0.4, -0.2) is 42.2 Å². The number of carbonyl (C=O) groups excluding carboxylic acids is 3. The molecule has 0 saturated carbocycles. The SMILES string of the molecule is CCOc1c(I)cc(/C=C2/SC(=O)N(CC(=O)Nc3cccc(C)c3C)C2=O)cc1OC. The Kier molecular flexibility index (Phi) is 7.83. The normalized spacial score (nSPS) is 14.8. The Bertz CT molecular complexity index is 1120. The zero-order valence-electron chi connectivity index (χ0n) is 18.2. The van der Waals surface area contributed by atoms with Gasteiger partial charge in [-0.3, -0.25) is 19.3 Å². The number of ether oxygens (including phenoxy) is 2. The number of methoxy groups -OCH3 is 1. The molecule has 0 atom stereocenters. The molecule has 1 N–H and O–H groups in total. The van der Waals surface area contributed by atoms with Crippen molar-refractivity contribution in [2.45, 2.75) is 20.8 Å². The summed E-state index contributed by atoms with van der Waals surface area (Å²) in [6.07, 6.45) is 1.62. The highest BCUT2D eigenvalue weighted by atomic mass is 127. The van der Waals surface area contributed by atoms with Crippen LogP contribution in [0.3, 0.4) is 0 Å². The summed E-state index contributed by atoms with van der Waals surface area (Å²) in [5.74, 6) is 0.236. The van der Waals surface area contributed by atoms with Crippen molar-refractivity contribution in [1.82, 2.24) is 4.90 Å². The van der Waals surface area contributed by atoms with E-state index >= 15 is 0 Å². The third-order valence-corrected chi connectivity index (χ3v) is 6.60. The summed E-state index contributed by atoms with van der Waals surface area (Å²) >= 11 is 2.94. The molecule has 32 heavy (non-hydrogen) atoms. The number of halogens is 1. The molecule has 2 aromatic carbocycles. The fraction of sp³-hybridized carbons (Fsp3) is 0.261. The second-order valence-electron chi connectivity index (χ2n) is 7.03. The van der Waals surface area contributed by atoms with Crippen LogP contribution in [0.5, 0.6) is 11.5 Å². The minimum absolute atomic E-state index is 0.247. The molecule has 168 valence electrons. The maximum atomic E-state index is 12.8. The van der Waals surface area contributed by atoms with E-state index < -0.39 is 17.1 Å². The van der Waals surface area contributed by atoms with Gasteiger partial charge in [0.25, 0.3) is 11.1 Å². The average molecular weight is 566 g/mol. The summed E-state index contributed by atoms with van der Waals surface area (Å²) in [5.41, 5.74) is 3.33. The third kappa shape index (κ3) is 5.26. The van der Waals surface area contributed by atoms with Crippen LogP contribution in [0.4, 0.5) is 10.5 Å². The first kappa shape index (κ1) is 24.1. The van der Waals surface area contributed by atoms with Gasteiger partial charge in [-0.1, -0.05) is 12.1 Å². The Morgan fingerprint density at radius 2 is 2.00 bits per heavy atom. The van der Waals surface area contributed by atoms with Gasteiger partial charge in [0.2, 0.25) is 5.91 Å². The van der Waals surface area contributed by atoms with E-state index in [9.17, 15) is 14.4 Å². The van der Waals surface area contributed by atoms with Crippen LogP contribution in [0.15, 0.2) is 35.2 Å². The topological polar surface area (TPSA) is 84.9 Å². The summed E-state index contributed by atoms with van der Waals surface area (Å²) in [4.78, 5) is 38.9. The predicted octanol–water partition coefficient (Wildman–Crippen LogP) is 4.99. The standard InChI is InChI=1S/C23H23IN2O5S/c1-5-31-21-16(24)9-15(10-18(21)30-4)11-19-22(28)26(23(29)32-19)12-20(27)25-17-8-6-7-13(2)14(17)3/h6-11H,5,12H2,1-4H3,(H,25,27)/b19-11+. The molecular weight excluding hydrogens is 543 g/mol. The molecule has 1 aliphatic rings. The summed E-state index contributed by atoms with van der Waals surface area (Å²) in [5, 5.41) is 2.30. The number of imide groups is 1. The van der Waals surface area contributed by atoms with Gasteiger partial charge in [-0.25, -0.2) is 0 Å². The van der Waals surface area contributed by atoms with Crippen molar-refractivity contribution in [3.63, 3.8) is 0 Å². The monoisotopic (exact) mass is 566 g/mol. The van der Waals surface area contributed by atoms with Crippen molar-refractivity contribution >= 4 is 63.2 Å². The zero-order valence-corrected chi connectivity index (χ0v) is 21.1. The molecule has 0 spiro atoms. The quantitative estimate of drug-likeness (QED) is 0.376. The van der Waals surface area contributed by atoms with Crippen LogP contribution < -0.4 is 14.8 Å². The van der Waals surface area contributed by atoms with Crippen molar-refractivity contribution in [1.29, 1.82) is 0 Å². The first-order chi connectivity index (χ1) is 15.2. The van der Waals surface area contributed by atoms with E-state index in [2.05, 4.69) is 27.9 Å². The number of carbonyl (C=O) groups is 3. The number of benzene rings is 2. The van der Waals surface area contributed by atoms with Gasteiger partial charge < -0.3 is 14.8 Å². The van der Waals surface area contributed by atoms with Crippen molar-refractivity contribution in [3.8, 4) is 11.5 Å². The molecule has 1 saturated heterocycles. The molecule has 0 aliphatic carbocycles. The Morgan fingerprint density at radius 3 is 2.69 bits per heavy atom. The van der Waals surface area contributed by atoms with Gasteiger partial charge in [0.05, 0.1) is 22.2 Å². The lowest BCUT2D eigenvalue weighted by Crippen LogP contribution is -2.36. The molecule has 9 heteroatoms. The number of thioether (sulfide) groups is 1. The molecule has 1 heterocycles. The van der Waals surface area contributed by atoms with Gasteiger partial charge in [0, 0.05) is 5.69 Å². The molecule has 0 radical (unpaired) electrons. The summed E-state index contributed by atoms with van der Waals surface area (Å²) in [7, 11) is 1.54. The van der Waals surface area contributed by atoms with Gasteiger partial charge in [-0.2, -0.15) is 0 Å². The first-order valence-electron chi connectivity index (χ1n) is 9.86. The van der Waals surface area contributed by atoms with Crippen molar-refractivity contribution < 1.29 is 23.9 Å². The van der Waals surface area contributed by atoms with Crippen LogP contribution in [0, 0.1) is 17.4 Å². The molecule has 3 rings (SSSR count). The highest BCUT2D eigenvalue weighted by Crippen LogP contribution is 2.37. The van der Waals surface area contributed by atoms with E-state index in [4.69, 9.17) is 9.47 Å². The largest absolute Gasteiger partial charge is 0.493 e. The molecule has 1 aliphatic heterocycles. The molecule has 0 bridgehead atoms. The highest BCUT2D eigenvalue weighted by Gasteiger charge is 2.36. The lowest BCUT2D eigenvalue weighted by atomic mass is 10.1. The minimum Gasteiger partial charge on any atom is -0.493 e. The molecule has 0 aromatic heterocycles. The van der Waals surface area contributed by atoms with E-state index in [1.54, 1.807) is 25.3 Å². The predicted molar refractivity (Wildman–Crippen MR) is 134 cm³/mol. The second-order valence-corrected chi connectivity index (χ2v) is 9.19. The second kappa shape index (κ2) is 10.4. The third-order valence-electron chi connectivity index (χ3n) is 4.89. The fourth-order valence-corrected chi connectivity index (χ4v) is 4.73. The Balaban J connectivity index is 1.77. The summed E-state index contributed by atoms with van der Waals surface area (Å²) in [6.45, 7) is 5.88. The van der Waals surface area contributed by atoms with Gasteiger partial charge in [0.1, 0.15) is 6.54 Å². The van der Waals surface area contributed by atoms with Crippen LogP contribution >= 0.6 is 34.4 Å². The maximum Gasteiger partial charge on any atom is 0.294 e. The number of hydrogen-bond acceptors (Lipinski definition) is 6. The van der Waals surface area contributed by atoms with Crippen molar-refractivity contribution in [2.24, 2.45) is 0 Å². The number of amides is 3. The number of rotatable bonds is 7. The van der Waals surface area contributed by atoms with Crippen molar-refractivity contribution in [2.75, 3.05) is 25.6 Å². The fourth-order valence-electron chi connectivity index (χ4n) is 3.12. The van der Waals surface area contributed by atoms with Gasteiger partial charge >= 0.3 is 0 Å². The van der Waals surface area contributed by atoms with E-state index in [-0.39, 0.29) is 11.4 Å². The maximum absolute atomic E-state index is 12.8. The number of hydrogen-bond donors (Lipinski definition) is 1. The zero-order chi connectivity index (χ0) is 23.4. The Hall–Kier alpha value is -2.53. The van der Waals surface area contributed by atoms with Crippen LogP contribution in [0.1, 0.15) is 23.6 Å².